The number of nitrogens with zero attached hydrogens (tertiary/aromatic N) is 4. The Hall–Kier alpha value is -1.99. The van der Waals surface area contributed by atoms with Crippen LogP contribution in [0.1, 0.15) is 0 Å². The fourth-order valence-electron chi connectivity index (χ4n) is 5.20. The van der Waals surface area contributed by atoms with Gasteiger partial charge in [-0.1, -0.05) is 36.4 Å². The van der Waals surface area contributed by atoms with Gasteiger partial charge in [-0.3, -0.25) is 13.7 Å². The molecule has 0 bridgehead atoms. The third-order valence-electron chi connectivity index (χ3n) is 7.63. The van der Waals surface area contributed by atoms with E-state index in [4.69, 9.17) is 0 Å². The van der Waals surface area contributed by atoms with Gasteiger partial charge in [0.25, 0.3) is 30.4 Å². The molecule has 0 aliphatic carbocycles. The van der Waals surface area contributed by atoms with Crippen LogP contribution in [0.2, 0.25) is 0 Å². The fraction of sp³-hybridized carbons (Fsp3) is 0. The summed E-state index contributed by atoms with van der Waals surface area (Å²) in [5, 5.41) is 58.0. The molecule has 57 heavy (non-hydrogen) atoms. The maximum absolute atomic E-state index is 12.1. The van der Waals surface area contributed by atoms with Gasteiger partial charge in [0, 0.05) is 44.9 Å². The molecule has 0 spiro atoms. The molecule has 0 aromatic heterocycles. The van der Waals surface area contributed by atoms with Crippen molar-refractivity contribution in [3.63, 3.8) is 0 Å². The Balaban J connectivity index is 0.00000325. The van der Waals surface area contributed by atoms with Gasteiger partial charge < -0.3 is 20.4 Å². The van der Waals surface area contributed by atoms with Crippen LogP contribution in [-0.2, 0) is 64.5 Å². The molecule has 0 heterocycles. The predicted molar refractivity (Wildman–Crippen MR) is 184 cm³/mol. The van der Waals surface area contributed by atoms with Crippen LogP contribution >= 0.6 is 0 Å². The molecule has 6 aromatic carbocycles. The number of aromatic hydroxyl groups is 4. The number of hydrogen-bond donors (Lipinski definition) is 7. The van der Waals surface area contributed by atoms with E-state index in [-0.39, 0.29) is 162 Å². The second kappa shape index (κ2) is 20.5. The first kappa shape index (κ1) is 53.0. The normalized spacial score (nSPS) is 11.6. The maximum Gasteiger partial charge on any atom is 1.00 e. The second-order valence-corrected chi connectivity index (χ2v) is 15.2. The van der Waals surface area contributed by atoms with E-state index < -0.39 is 62.7 Å². The Kier molecular flexibility index (Phi) is 19.1. The molecule has 0 saturated heterocycles. The summed E-state index contributed by atoms with van der Waals surface area (Å²) in [6.45, 7) is 0. The summed E-state index contributed by atoms with van der Waals surface area (Å²) in [6.07, 6.45) is 0. The van der Waals surface area contributed by atoms with Crippen LogP contribution in [0.4, 0.5) is 22.7 Å². The minimum Gasteiger partial charge on any atom is -0.506 e. The van der Waals surface area contributed by atoms with Crippen LogP contribution in [0.15, 0.2) is 126 Å². The molecule has 2 radical (unpaired) electrons. The molecule has 0 atom stereocenters. The van der Waals surface area contributed by atoms with E-state index in [1.807, 2.05) is 0 Å². The maximum atomic E-state index is 12.1. The van der Waals surface area contributed by atoms with Gasteiger partial charge in [0.05, 0.1) is 4.90 Å². The van der Waals surface area contributed by atoms with Crippen LogP contribution in [-0.4, -0.2) is 59.3 Å². The zero-order valence-corrected chi connectivity index (χ0v) is 39.7. The first-order chi connectivity index (χ1) is 24.3. The van der Waals surface area contributed by atoms with Crippen LogP contribution in [0.5, 0.6) is 23.0 Å². The van der Waals surface area contributed by atoms with Gasteiger partial charge in [-0.05, 0) is 76.5 Å². The number of azo groups is 2. The Morgan fingerprint density at radius 2 is 0.982 bits per heavy atom. The average Bonchev–Trinajstić information content (AvgIpc) is 3.06. The second-order valence-electron chi connectivity index (χ2n) is 11.0. The van der Waals surface area contributed by atoms with Crippen molar-refractivity contribution in [1.82, 2.24) is 0 Å². The molecule has 0 fully saturated rings. The first-order valence-electron chi connectivity index (χ1n) is 14.3. The molecule has 0 aliphatic rings. The van der Waals surface area contributed by atoms with Crippen molar-refractivity contribution >= 4 is 74.6 Å². The van der Waals surface area contributed by atoms with Crippen LogP contribution < -0.4 is 88.7 Å². The van der Waals surface area contributed by atoms with E-state index >= 15 is 0 Å². The molecule has 7 N–H and O–H groups in total. The van der Waals surface area contributed by atoms with Crippen molar-refractivity contribution < 1.29 is 182 Å². The molecule has 25 heteroatoms. The largest absolute Gasteiger partial charge is 1.00 e. The molecule has 0 amide bonds. The van der Waals surface area contributed by atoms with Crippen molar-refractivity contribution in [3.05, 3.63) is 91.0 Å². The van der Waals surface area contributed by atoms with E-state index in [2.05, 4.69) is 20.5 Å². The van der Waals surface area contributed by atoms with E-state index in [1.165, 1.54) is 72.8 Å². The molecule has 6 rings (SSSR count). The molecule has 288 valence electrons. The summed E-state index contributed by atoms with van der Waals surface area (Å²) in [7, 11) is -14.5. The summed E-state index contributed by atoms with van der Waals surface area (Å²) in [5.41, 5.74) is -0.533. The van der Waals surface area contributed by atoms with Crippen LogP contribution in [0.3, 0.4) is 0 Å². The number of hydrogen-bond acceptors (Lipinski definition) is 14. The predicted octanol–water partition coefficient (Wildman–Crippen LogP) is -1.94. The van der Waals surface area contributed by atoms with Gasteiger partial charge >= 0.3 is 88.7 Å². The Morgan fingerprint density at radius 3 is 1.47 bits per heavy atom. The monoisotopic (exact) mass is 961 g/mol. The quantitative estimate of drug-likeness (QED) is 0.0497. The molecule has 0 unspecified atom stereocenters. The van der Waals surface area contributed by atoms with Crippen molar-refractivity contribution in [1.29, 1.82) is 0 Å². The van der Waals surface area contributed by atoms with E-state index in [9.17, 15) is 59.3 Å². The molecular weight excluding hydrogens is 941 g/mol. The van der Waals surface area contributed by atoms with E-state index in [1.54, 1.807) is 0 Å². The van der Waals surface area contributed by atoms with Crippen molar-refractivity contribution in [2.45, 2.75) is 14.7 Å². The Bertz CT molecular complexity index is 2910. The topological polar surface area (TPSA) is 293 Å². The average molecular weight is 963 g/mol. The summed E-state index contributed by atoms with van der Waals surface area (Å²) < 4.78 is 99.9. The van der Waals surface area contributed by atoms with Crippen molar-refractivity contribution in [2.75, 3.05) is 0 Å². The third-order valence-corrected chi connectivity index (χ3v) is 10.2. The number of benzene rings is 6. The number of phenolic OH excluding ortho intramolecular Hbond substituents is 4. The molecule has 0 saturated carbocycles. The molecule has 17 nitrogen and oxygen atoms in total. The third kappa shape index (κ3) is 11.6. The molecule has 0 aliphatic heterocycles. The molecular formula is C32H22Cu2N4Na3O13S3+3. The minimum atomic E-state index is -5.07. The van der Waals surface area contributed by atoms with E-state index in [0.717, 1.165) is 18.2 Å². The van der Waals surface area contributed by atoms with Gasteiger partial charge in [0.15, 0.2) is 5.75 Å². The summed E-state index contributed by atoms with van der Waals surface area (Å²) >= 11 is 0. The number of phenols is 4. The Labute approximate surface area is 411 Å². The van der Waals surface area contributed by atoms with Crippen LogP contribution in [0, 0.1) is 0 Å². The smallest absolute Gasteiger partial charge is 0.506 e. The summed E-state index contributed by atoms with van der Waals surface area (Å²) in [4.78, 5) is -2.08. The van der Waals surface area contributed by atoms with Gasteiger partial charge in [-0.25, -0.2) is 0 Å². The molecule has 6 aromatic rings. The minimum absolute atomic E-state index is 0. The number of fused-ring (bicyclic) bond motifs is 2. The fourth-order valence-corrected chi connectivity index (χ4v) is 7.10. The first-order valence-corrected chi connectivity index (χ1v) is 18.6. The van der Waals surface area contributed by atoms with Gasteiger partial charge in [0.2, 0.25) is 0 Å². The summed E-state index contributed by atoms with van der Waals surface area (Å²) in [5.74, 6) is -2.23. The van der Waals surface area contributed by atoms with Gasteiger partial charge in [0.1, 0.15) is 49.8 Å². The zero-order chi connectivity index (χ0) is 37.7. The standard InChI is InChI=1S/C32H22N4O13S3.2Cu.3Na/c37-24-11-6-18-12-20(50(41,42)43)7-8-21(18)30(24)35-33-22-9-4-16(13-25(22)38)17-5-10-23(26(39)14-17)34-36-31-28(52(47,48)49)15-19-2-1-3-27(51(44,45)46)29(19)32(31)40;;;;;/h1-15,37-40H,(H,41,42,43)(H,44,45,46)(H,47,48,49);;;;;/q;;;3*+1. The van der Waals surface area contributed by atoms with Gasteiger partial charge in [-0.15, -0.1) is 20.5 Å². The van der Waals surface area contributed by atoms with E-state index in [0.29, 0.717) is 21.9 Å². The SMILES string of the molecule is O=S(=O)(O)c1ccc2c(N=Nc3ccc(-c4ccc(N=Nc5c(S(=O)(=O)O)cc6cccc(S(=O)(=O)O)c6c5O)c(O)c4)cc3O)c(O)ccc2c1.[Cu].[Cu].[Na+].[Na+].[Na+]. The zero-order valence-electron chi connectivity index (χ0n) is 29.4. The van der Waals surface area contributed by atoms with Crippen molar-refractivity contribution in [2.24, 2.45) is 20.5 Å². The Morgan fingerprint density at radius 1 is 0.456 bits per heavy atom. The van der Waals surface area contributed by atoms with Crippen molar-refractivity contribution in [3.8, 4) is 34.1 Å². The number of rotatable bonds is 8. The van der Waals surface area contributed by atoms with Crippen LogP contribution in [0.25, 0.3) is 32.7 Å². The van der Waals surface area contributed by atoms with Gasteiger partial charge in [-0.2, -0.15) is 25.3 Å². The summed E-state index contributed by atoms with van der Waals surface area (Å²) in [6, 6.07) is 18.5.